The van der Waals surface area contributed by atoms with Crippen molar-refractivity contribution in [1.82, 2.24) is 0 Å². The van der Waals surface area contributed by atoms with Crippen LogP contribution in [-0.2, 0) is 16.1 Å². The molecule has 0 radical (unpaired) electrons. The second kappa shape index (κ2) is 10.2. The Morgan fingerprint density at radius 2 is 1.72 bits per heavy atom. The molecule has 0 aromatic heterocycles. The third kappa shape index (κ3) is 6.17. The van der Waals surface area contributed by atoms with E-state index in [4.69, 9.17) is 20.5 Å². The fourth-order valence-electron chi connectivity index (χ4n) is 2.37. The van der Waals surface area contributed by atoms with Gasteiger partial charge < -0.3 is 15.2 Å². The Labute approximate surface area is 185 Å². The molecule has 8 heteroatoms. The summed E-state index contributed by atoms with van der Waals surface area (Å²) in [7, 11) is 0. The average Bonchev–Trinajstić information content (AvgIpc) is 2.66. The second-order valence-electron chi connectivity index (χ2n) is 6.21. The molecule has 0 atom stereocenters. The molecule has 29 heavy (non-hydrogen) atoms. The molecular weight excluding hydrogens is 504 g/mol. The van der Waals surface area contributed by atoms with Crippen LogP contribution in [0.1, 0.15) is 28.4 Å². The first kappa shape index (κ1) is 22.7. The van der Waals surface area contributed by atoms with E-state index in [-0.39, 0.29) is 16.8 Å². The van der Waals surface area contributed by atoms with Crippen LogP contribution in [0.5, 0.6) is 5.75 Å². The van der Waals surface area contributed by atoms with E-state index in [9.17, 15) is 9.59 Å². The number of hydrogen-bond donors (Lipinski definition) is 1. The number of halogens is 2. The zero-order valence-corrected chi connectivity index (χ0v) is 19.0. The molecule has 150 valence electrons. The van der Waals surface area contributed by atoms with Crippen LogP contribution in [-0.4, -0.2) is 18.4 Å². The Balaban J connectivity index is 1.96. The summed E-state index contributed by atoms with van der Waals surface area (Å²) in [4.78, 5) is 23.9. The van der Waals surface area contributed by atoms with Gasteiger partial charge in [0.15, 0.2) is 6.61 Å². The van der Waals surface area contributed by atoms with Crippen LogP contribution in [0.2, 0.25) is 0 Å². The SMILES string of the molecule is C/C(N)=C(\C#N)C(=O)COC(=O)c1ccc(COc2c(Br)cc(C)cc2Br)cc1. The Morgan fingerprint density at radius 1 is 1.14 bits per heavy atom. The molecule has 0 unspecified atom stereocenters. The number of hydrogen-bond acceptors (Lipinski definition) is 6. The van der Waals surface area contributed by atoms with Crippen LogP contribution >= 0.6 is 31.9 Å². The van der Waals surface area contributed by atoms with E-state index in [0.717, 1.165) is 20.1 Å². The van der Waals surface area contributed by atoms with Gasteiger partial charge in [-0.2, -0.15) is 5.26 Å². The van der Waals surface area contributed by atoms with Gasteiger partial charge in [0, 0.05) is 5.70 Å². The number of Topliss-reactive ketones (excluding diaryl/α,β-unsaturated/α-hetero) is 1. The number of carbonyl (C=O) groups is 2. The van der Waals surface area contributed by atoms with Crippen molar-refractivity contribution in [3.05, 3.63) is 73.3 Å². The van der Waals surface area contributed by atoms with Gasteiger partial charge in [-0.1, -0.05) is 12.1 Å². The summed E-state index contributed by atoms with van der Waals surface area (Å²) >= 11 is 6.96. The number of nitrogens with two attached hydrogens (primary N) is 1. The normalized spacial score (nSPS) is 11.3. The highest BCUT2D eigenvalue weighted by molar-refractivity contribution is 9.11. The first-order valence-corrected chi connectivity index (χ1v) is 10.1. The minimum Gasteiger partial charge on any atom is -0.487 e. The van der Waals surface area contributed by atoms with Crippen molar-refractivity contribution in [3.8, 4) is 11.8 Å². The summed E-state index contributed by atoms with van der Waals surface area (Å²) in [5.74, 6) is -0.615. The summed E-state index contributed by atoms with van der Waals surface area (Å²) in [6.07, 6.45) is 0. The lowest BCUT2D eigenvalue weighted by molar-refractivity contribution is -0.118. The van der Waals surface area contributed by atoms with Crippen LogP contribution < -0.4 is 10.5 Å². The maximum absolute atomic E-state index is 12.1. The third-order valence-electron chi connectivity index (χ3n) is 3.83. The third-order valence-corrected chi connectivity index (χ3v) is 5.01. The van der Waals surface area contributed by atoms with E-state index < -0.39 is 18.4 Å². The molecule has 0 aliphatic rings. The van der Waals surface area contributed by atoms with Crippen molar-refractivity contribution in [2.75, 3.05) is 6.61 Å². The molecule has 6 nitrogen and oxygen atoms in total. The molecular formula is C21H18Br2N2O4. The smallest absolute Gasteiger partial charge is 0.338 e. The first-order valence-electron chi connectivity index (χ1n) is 8.47. The van der Waals surface area contributed by atoms with Gasteiger partial charge in [0.25, 0.3) is 0 Å². The van der Waals surface area contributed by atoms with E-state index in [2.05, 4.69) is 31.9 Å². The second-order valence-corrected chi connectivity index (χ2v) is 7.92. The topological polar surface area (TPSA) is 102 Å². The van der Waals surface area contributed by atoms with Crippen LogP contribution in [0.25, 0.3) is 0 Å². The Hall–Kier alpha value is -2.63. The molecule has 0 amide bonds. The van der Waals surface area contributed by atoms with Crippen molar-refractivity contribution >= 4 is 43.6 Å². The zero-order chi connectivity index (χ0) is 21.6. The zero-order valence-electron chi connectivity index (χ0n) is 15.8. The Morgan fingerprint density at radius 3 is 2.24 bits per heavy atom. The van der Waals surface area contributed by atoms with Gasteiger partial charge in [-0.3, -0.25) is 4.79 Å². The number of nitriles is 1. The number of carbonyl (C=O) groups excluding carboxylic acids is 2. The molecule has 0 saturated carbocycles. The van der Waals surface area contributed by atoms with E-state index in [1.807, 2.05) is 19.1 Å². The van der Waals surface area contributed by atoms with Crippen LogP contribution in [0, 0.1) is 18.3 Å². The highest BCUT2D eigenvalue weighted by Crippen LogP contribution is 2.35. The molecule has 0 spiro atoms. The molecule has 0 aliphatic heterocycles. The van der Waals surface area contributed by atoms with Gasteiger partial charge >= 0.3 is 5.97 Å². The minimum absolute atomic E-state index is 0.0877. The Kier molecular flexibility index (Phi) is 8.00. The van der Waals surface area contributed by atoms with Gasteiger partial charge in [0.2, 0.25) is 5.78 Å². The average molecular weight is 522 g/mol. The molecule has 2 aromatic carbocycles. The standard InChI is InChI=1S/C21H18Br2N2O4/c1-12-7-17(22)20(18(23)8-12)28-10-14-3-5-15(6-4-14)21(27)29-11-19(26)16(9-24)13(2)25/h3-8H,10-11,25H2,1-2H3/b16-13-. The van der Waals surface area contributed by atoms with Gasteiger partial charge in [-0.15, -0.1) is 0 Å². The summed E-state index contributed by atoms with van der Waals surface area (Å²) in [5, 5.41) is 8.89. The van der Waals surface area contributed by atoms with Gasteiger partial charge in [0.05, 0.1) is 14.5 Å². The molecule has 2 aromatic rings. The number of esters is 1. The van der Waals surface area contributed by atoms with Crippen LogP contribution in [0.3, 0.4) is 0 Å². The predicted molar refractivity (Wildman–Crippen MR) is 115 cm³/mol. The fraction of sp³-hybridized carbons (Fsp3) is 0.190. The molecule has 0 heterocycles. The highest BCUT2D eigenvalue weighted by Gasteiger charge is 2.15. The first-order chi connectivity index (χ1) is 13.7. The molecule has 0 fully saturated rings. The van der Waals surface area contributed by atoms with Crippen molar-refractivity contribution in [2.45, 2.75) is 20.5 Å². The summed E-state index contributed by atoms with van der Waals surface area (Å²) in [6, 6.07) is 12.3. The maximum Gasteiger partial charge on any atom is 0.338 e. The lowest BCUT2D eigenvalue weighted by Gasteiger charge is -2.11. The van der Waals surface area contributed by atoms with Crippen molar-refractivity contribution in [1.29, 1.82) is 5.26 Å². The fourth-order valence-corrected chi connectivity index (χ4v) is 4.02. The van der Waals surface area contributed by atoms with Crippen LogP contribution in [0.15, 0.2) is 56.6 Å². The molecule has 0 saturated heterocycles. The van der Waals surface area contributed by atoms with Gasteiger partial charge in [-0.25, -0.2) is 4.79 Å². The number of aryl methyl sites for hydroxylation is 1. The number of nitrogens with zero attached hydrogens (tertiary/aromatic N) is 1. The molecule has 2 N–H and O–H groups in total. The van der Waals surface area contributed by atoms with Crippen molar-refractivity contribution in [3.63, 3.8) is 0 Å². The number of rotatable bonds is 7. The number of benzene rings is 2. The van der Waals surface area contributed by atoms with E-state index in [1.54, 1.807) is 30.3 Å². The highest BCUT2D eigenvalue weighted by atomic mass is 79.9. The van der Waals surface area contributed by atoms with Crippen LogP contribution in [0.4, 0.5) is 0 Å². The summed E-state index contributed by atoms with van der Waals surface area (Å²) in [5.41, 5.74) is 7.56. The Bertz CT molecular complexity index is 981. The number of ketones is 1. The quantitative estimate of drug-likeness (QED) is 0.325. The van der Waals surface area contributed by atoms with Crippen molar-refractivity contribution in [2.24, 2.45) is 5.73 Å². The van der Waals surface area contributed by atoms with Gasteiger partial charge in [-0.05, 0) is 81.1 Å². The largest absolute Gasteiger partial charge is 0.487 e. The van der Waals surface area contributed by atoms with Crippen molar-refractivity contribution < 1.29 is 19.1 Å². The molecule has 0 aliphatic carbocycles. The van der Waals surface area contributed by atoms with E-state index in [0.29, 0.717) is 12.4 Å². The molecule has 0 bridgehead atoms. The minimum atomic E-state index is -0.665. The van der Waals surface area contributed by atoms with Gasteiger partial charge in [0.1, 0.15) is 24.0 Å². The lowest BCUT2D eigenvalue weighted by Crippen LogP contribution is -2.17. The van der Waals surface area contributed by atoms with E-state index >= 15 is 0 Å². The lowest BCUT2D eigenvalue weighted by atomic mass is 10.1. The monoisotopic (exact) mass is 520 g/mol. The maximum atomic E-state index is 12.1. The number of allylic oxidation sites excluding steroid dienone is 1. The van der Waals surface area contributed by atoms with E-state index in [1.165, 1.54) is 6.92 Å². The predicted octanol–water partition coefficient (Wildman–Crippen LogP) is 4.58. The summed E-state index contributed by atoms with van der Waals surface area (Å²) in [6.45, 7) is 3.18. The summed E-state index contributed by atoms with van der Waals surface area (Å²) < 4.78 is 12.5. The number of ether oxygens (including phenoxy) is 2. The molecule has 2 rings (SSSR count).